The lowest BCUT2D eigenvalue weighted by Gasteiger charge is -2.41. The summed E-state index contributed by atoms with van der Waals surface area (Å²) in [7, 11) is 0. The fourth-order valence-electron chi connectivity index (χ4n) is 3.33. The first-order chi connectivity index (χ1) is 11.1. The molecule has 2 amide bonds. The van der Waals surface area contributed by atoms with E-state index in [4.69, 9.17) is 12.2 Å². The maximum absolute atomic E-state index is 12.6. The number of para-hydroxylation sites is 1. The highest BCUT2D eigenvalue weighted by Gasteiger charge is 2.40. The van der Waals surface area contributed by atoms with Crippen LogP contribution in [-0.2, 0) is 9.59 Å². The van der Waals surface area contributed by atoms with E-state index in [-0.39, 0.29) is 30.3 Å². The number of nitrogens with one attached hydrogen (secondary N) is 2. The molecule has 1 aliphatic carbocycles. The maximum Gasteiger partial charge on any atom is 0.244 e. The van der Waals surface area contributed by atoms with Crippen molar-refractivity contribution in [2.75, 3.05) is 11.9 Å². The predicted octanol–water partition coefficient (Wildman–Crippen LogP) is 2.21. The SMILES string of the molecule is Cc1ccccc1NC(=O)CN1C(=O)C2CCCCC2NC1=S. The topological polar surface area (TPSA) is 61.4 Å². The molecule has 2 unspecified atom stereocenters. The minimum absolute atomic E-state index is 0.0154. The number of nitrogens with zero attached hydrogens (tertiary/aromatic N) is 1. The third-order valence-electron chi connectivity index (χ3n) is 4.62. The van der Waals surface area contributed by atoms with Crippen molar-refractivity contribution in [1.29, 1.82) is 0 Å². The highest BCUT2D eigenvalue weighted by atomic mass is 32.1. The summed E-state index contributed by atoms with van der Waals surface area (Å²) in [6.07, 6.45) is 4.03. The summed E-state index contributed by atoms with van der Waals surface area (Å²) in [6, 6.07) is 7.70. The molecule has 23 heavy (non-hydrogen) atoms. The number of benzene rings is 1. The molecule has 2 N–H and O–H groups in total. The van der Waals surface area contributed by atoms with Gasteiger partial charge >= 0.3 is 0 Å². The summed E-state index contributed by atoms with van der Waals surface area (Å²) in [5.74, 6) is -0.300. The Labute approximate surface area is 141 Å². The molecule has 2 aliphatic rings. The second kappa shape index (κ2) is 6.66. The summed E-state index contributed by atoms with van der Waals surface area (Å²) < 4.78 is 0. The van der Waals surface area contributed by atoms with E-state index in [0.29, 0.717) is 5.11 Å². The van der Waals surface area contributed by atoms with Gasteiger partial charge in [0.25, 0.3) is 0 Å². The zero-order valence-electron chi connectivity index (χ0n) is 13.2. The Morgan fingerprint density at radius 2 is 2.09 bits per heavy atom. The summed E-state index contributed by atoms with van der Waals surface area (Å²) in [5.41, 5.74) is 1.75. The smallest absolute Gasteiger partial charge is 0.244 e. The lowest BCUT2D eigenvalue weighted by Crippen LogP contribution is -2.61. The summed E-state index contributed by atoms with van der Waals surface area (Å²) in [5, 5.41) is 6.46. The molecule has 0 spiro atoms. The van der Waals surface area contributed by atoms with Crippen molar-refractivity contribution in [3.05, 3.63) is 29.8 Å². The maximum atomic E-state index is 12.6. The Kier molecular flexibility index (Phi) is 4.61. The number of hydrogen-bond donors (Lipinski definition) is 2. The molecule has 122 valence electrons. The van der Waals surface area contributed by atoms with E-state index in [9.17, 15) is 9.59 Å². The molecule has 0 aromatic heterocycles. The molecule has 2 atom stereocenters. The third kappa shape index (κ3) is 3.37. The van der Waals surface area contributed by atoms with Gasteiger partial charge in [-0.3, -0.25) is 14.5 Å². The van der Waals surface area contributed by atoms with Gasteiger partial charge in [0, 0.05) is 11.7 Å². The van der Waals surface area contributed by atoms with Gasteiger partial charge in [-0.05, 0) is 43.6 Å². The number of fused-ring (bicyclic) bond motifs is 1. The van der Waals surface area contributed by atoms with Crippen molar-refractivity contribution >= 4 is 34.8 Å². The Balaban J connectivity index is 1.67. The lowest BCUT2D eigenvalue weighted by molar-refractivity contribution is -0.137. The van der Waals surface area contributed by atoms with Crippen molar-refractivity contribution in [3.8, 4) is 0 Å². The van der Waals surface area contributed by atoms with Gasteiger partial charge in [0.15, 0.2) is 5.11 Å². The second-order valence-electron chi connectivity index (χ2n) is 6.23. The van der Waals surface area contributed by atoms with Crippen LogP contribution in [0.15, 0.2) is 24.3 Å². The van der Waals surface area contributed by atoms with Crippen molar-refractivity contribution in [1.82, 2.24) is 10.2 Å². The van der Waals surface area contributed by atoms with Crippen LogP contribution in [0.3, 0.4) is 0 Å². The number of rotatable bonds is 3. The average molecular weight is 331 g/mol. The highest BCUT2D eigenvalue weighted by Crippen LogP contribution is 2.29. The predicted molar refractivity (Wildman–Crippen MR) is 93.0 cm³/mol. The van der Waals surface area contributed by atoms with Gasteiger partial charge in [0.1, 0.15) is 6.54 Å². The first-order valence-corrected chi connectivity index (χ1v) is 8.44. The Morgan fingerprint density at radius 3 is 2.87 bits per heavy atom. The molecule has 1 aromatic rings. The van der Waals surface area contributed by atoms with Gasteiger partial charge in [-0.15, -0.1) is 0 Å². The van der Waals surface area contributed by atoms with Crippen molar-refractivity contribution in [3.63, 3.8) is 0 Å². The van der Waals surface area contributed by atoms with Crippen LogP contribution >= 0.6 is 12.2 Å². The second-order valence-corrected chi connectivity index (χ2v) is 6.62. The van der Waals surface area contributed by atoms with Crippen LogP contribution in [0, 0.1) is 12.8 Å². The number of anilines is 1. The van der Waals surface area contributed by atoms with E-state index in [0.717, 1.165) is 36.9 Å². The first kappa shape index (κ1) is 15.9. The van der Waals surface area contributed by atoms with Crippen LogP contribution in [0.2, 0.25) is 0 Å². The number of amides is 2. The van der Waals surface area contributed by atoms with Gasteiger partial charge in [-0.25, -0.2) is 0 Å². The average Bonchev–Trinajstić information content (AvgIpc) is 2.54. The van der Waals surface area contributed by atoms with Crippen LogP contribution in [-0.4, -0.2) is 34.4 Å². The van der Waals surface area contributed by atoms with Crippen molar-refractivity contribution < 1.29 is 9.59 Å². The van der Waals surface area contributed by atoms with Crippen LogP contribution in [0.25, 0.3) is 0 Å². The van der Waals surface area contributed by atoms with E-state index < -0.39 is 0 Å². The summed E-state index contributed by atoms with van der Waals surface area (Å²) >= 11 is 5.30. The van der Waals surface area contributed by atoms with Gasteiger partial charge in [-0.2, -0.15) is 0 Å². The van der Waals surface area contributed by atoms with Crippen molar-refractivity contribution in [2.24, 2.45) is 5.92 Å². The monoisotopic (exact) mass is 331 g/mol. The first-order valence-electron chi connectivity index (χ1n) is 8.03. The zero-order valence-corrected chi connectivity index (χ0v) is 14.0. The minimum atomic E-state index is -0.231. The summed E-state index contributed by atoms with van der Waals surface area (Å²) in [4.78, 5) is 26.3. The van der Waals surface area contributed by atoms with Crippen LogP contribution in [0.5, 0.6) is 0 Å². The number of carbonyl (C=O) groups excluding carboxylic acids is 2. The fraction of sp³-hybridized carbons (Fsp3) is 0.471. The molecule has 2 fully saturated rings. The molecule has 0 radical (unpaired) electrons. The van der Waals surface area contributed by atoms with Gasteiger partial charge < -0.3 is 10.6 Å². The lowest BCUT2D eigenvalue weighted by atomic mass is 9.82. The highest BCUT2D eigenvalue weighted by molar-refractivity contribution is 7.80. The van der Waals surface area contributed by atoms with Crippen LogP contribution in [0.4, 0.5) is 5.69 Å². The molecule has 1 aromatic carbocycles. The Morgan fingerprint density at radius 1 is 1.35 bits per heavy atom. The zero-order chi connectivity index (χ0) is 16.4. The molecule has 1 saturated carbocycles. The molecular weight excluding hydrogens is 310 g/mol. The number of hydrogen-bond acceptors (Lipinski definition) is 3. The molecule has 0 bridgehead atoms. The van der Waals surface area contributed by atoms with E-state index >= 15 is 0 Å². The standard InChI is InChI=1S/C17H21N3O2S/c1-11-6-2-4-8-13(11)18-15(21)10-20-16(22)12-7-3-5-9-14(12)19-17(20)23/h2,4,6,8,12,14H,3,5,7,9-10H2,1H3,(H,18,21)(H,19,23). The Bertz CT molecular complexity index is 646. The molecule has 1 aliphatic heterocycles. The molecule has 3 rings (SSSR count). The van der Waals surface area contributed by atoms with E-state index in [1.165, 1.54) is 4.90 Å². The summed E-state index contributed by atoms with van der Waals surface area (Å²) in [6.45, 7) is 1.89. The fourth-order valence-corrected chi connectivity index (χ4v) is 3.64. The molecule has 1 saturated heterocycles. The largest absolute Gasteiger partial charge is 0.359 e. The minimum Gasteiger partial charge on any atom is -0.359 e. The van der Waals surface area contributed by atoms with Gasteiger partial charge in [0.05, 0.1) is 5.92 Å². The number of aryl methyl sites for hydroxylation is 1. The molecule has 6 heteroatoms. The molecular formula is C17H21N3O2S. The molecule has 5 nitrogen and oxygen atoms in total. The van der Waals surface area contributed by atoms with Crippen molar-refractivity contribution in [2.45, 2.75) is 38.6 Å². The van der Waals surface area contributed by atoms with E-state index in [2.05, 4.69) is 10.6 Å². The third-order valence-corrected chi connectivity index (χ3v) is 4.96. The Hall–Kier alpha value is -1.95. The number of thiocarbonyl (C=S) groups is 1. The number of carbonyl (C=O) groups is 2. The van der Waals surface area contributed by atoms with E-state index in [1.807, 2.05) is 31.2 Å². The van der Waals surface area contributed by atoms with E-state index in [1.54, 1.807) is 0 Å². The van der Waals surface area contributed by atoms with Crippen LogP contribution < -0.4 is 10.6 Å². The quantitative estimate of drug-likeness (QED) is 0.834. The molecule has 1 heterocycles. The van der Waals surface area contributed by atoms with Crippen LogP contribution in [0.1, 0.15) is 31.2 Å². The van der Waals surface area contributed by atoms with Gasteiger partial charge in [-0.1, -0.05) is 31.0 Å². The van der Waals surface area contributed by atoms with Gasteiger partial charge in [0.2, 0.25) is 11.8 Å². The normalized spacial score (nSPS) is 24.0.